The van der Waals surface area contributed by atoms with Crippen LogP contribution < -0.4 is 14.4 Å². The Balaban J connectivity index is 2.07. The van der Waals surface area contributed by atoms with Gasteiger partial charge in [0.1, 0.15) is 11.4 Å². The van der Waals surface area contributed by atoms with Crippen molar-refractivity contribution in [1.29, 1.82) is 0 Å². The number of carbonyl (C=O) groups excluding carboxylic acids is 2. The minimum Gasteiger partial charge on any atom is -0.495 e. The SMILES string of the molecule is COc1cccc2c1N(S(=O)(=O)c1nnc(NC(C)=O)s1)CCC2=O. The van der Waals surface area contributed by atoms with Crippen LogP contribution in [0, 0.1) is 0 Å². The molecule has 25 heavy (non-hydrogen) atoms. The molecule has 11 heteroatoms. The van der Waals surface area contributed by atoms with E-state index in [2.05, 4.69) is 15.5 Å². The van der Waals surface area contributed by atoms with E-state index in [9.17, 15) is 18.0 Å². The summed E-state index contributed by atoms with van der Waals surface area (Å²) in [5, 5.41) is 9.80. The standard InChI is InChI=1S/C14H14N4O5S2/c1-8(19)15-13-16-17-14(24-13)25(21,22)18-7-6-10(20)9-4-3-5-11(23-2)12(9)18/h3-5H,6-7H2,1-2H3,(H,15,16,19). The van der Waals surface area contributed by atoms with E-state index in [0.29, 0.717) is 0 Å². The molecule has 1 amide bonds. The Labute approximate surface area is 147 Å². The highest BCUT2D eigenvalue weighted by Gasteiger charge is 2.36. The van der Waals surface area contributed by atoms with Crippen LogP contribution in [0.2, 0.25) is 0 Å². The lowest BCUT2D eigenvalue weighted by Gasteiger charge is -2.29. The van der Waals surface area contributed by atoms with Gasteiger partial charge in [-0.15, -0.1) is 10.2 Å². The largest absolute Gasteiger partial charge is 0.495 e. The van der Waals surface area contributed by atoms with Gasteiger partial charge in [0.05, 0.1) is 7.11 Å². The average molecular weight is 382 g/mol. The van der Waals surface area contributed by atoms with Gasteiger partial charge in [-0.25, -0.2) is 0 Å². The number of carbonyl (C=O) groups is 2. The topological polar surface area (TPSA) is 119 Å². The Morgan fingerprint density at radius 3 is 2.80 bits per heavy atom. The summed E-state index contributed by atoms with van der Waals surface area (Å²) in [5.74, 6) is -0.257. The molecular formula is C14H14N4O5S2. The number of methoxy groups -OCH3 is 1. The van der Waals surface area contributed by atoms with Gasteiger partial charge < -0.3 is 10.1 Å². The molecule has 0 aliphatic carbocycles. The minimum absolute atomic E-state index is 0.0242. The lowest BCUT2D eigenvalue weighted by Crippen LogP contribution is -2.37. The van der Waals surface area contributed by atoms with Crippen LogP contribution in [0.15, 0.2) is 22.5 Å². The Kier molecular flexibility index (Phi) is 4.43. The fourth-order valence-electron chi connectivity index (χ4n) is 2.47. The van der Waals surface area contributed by atoms with Crippen LogP contribution in [-0.2, 0) is 14.8 Å². The van der Waals surface area contributed by atoms with Crippen molar-refractivity contribution < 1.29 is 22.7 Å². The summed E-state index contributed by atoms with van der Waals surface area (Å²) in [6.07, 6.45) is 0.0523. The molecule has 0 saturated heterocycles. The highest BCUT2D eigenvalue weighted by atomic mass is 32.2. The summed E-state index contributed by atoms with van der Waals surface area (Å²) in [6.45, 7) is 1.26. The van der Waals surface area contributed by atoms with Crippen LogP contribution in [-0.4, -0.2) is 44.0 Å². The van der Waals surface area contributed by atoms with Gasteiger partial charge in [0, 0.05) is 25.5 Å². The van der Waals surface area contributed by atoms with Gasteiger partial charge in [0.15, 0.2) is 5.78 Å². The molecule has 1 aromatic carbocycles. The molecule has 0 radical (unpaired) electrons. The number of hydrogen-bond donors (Lipinski definition) is 1. The summed E-state index contributed by atoms with van der Waals surface area (Å²) in [7, 11) is -2.65. The highest BCUT2D eigenvalue weighted by Crippen LogP contribution is 2.39. The molecule has 0 saturated carbocycles. The first-order chi connectivity index (χ1) is 11.8. The molecule has 3 rings (SSSR count). The first-order valence-corrected chi connectivity index (χ1v) is 9.44. The maximum Gasteiger partial charge on any atom is 0.293 e. The van der Waals surface area contributed by atoms with Crippen molar-refractivity contribution in [2.75, 3.05) is 23.3 Å². The van der Waals surface area contributed by atoms with E-state index in [1.807, 2.05) is 0 Å². The molecular weight excluding hydrogens is 368 g/mol. The molecule has 1 N–H and O–H groups in total. The predicted octanol–water partition coefficient (Wildman–Crippen LogP) is 1.29. The molecule has 0 unspecified atom stereocenters. The lowest BCUT2D eigenvalue weighted by molar-refractivity contribution is -0.114. The van der Waals surface area contributed by atoms with Crippen LogP contribution in [0.4, 0.5) is 10.8 Å². The number of nitrogens with zero attached hydrogens (tertiary/aromatic N) is 3. The summed E-state index contributed by atoms with van der Waals surface area (Å²) < 4.78 is 32.0. The molecule has 2 aromatic rings. The Hall–Kier alpha value is -2.53. The maximum atomic E-state index is 13.0. The number of hydrogen-bond acceptors (Lipinski definition) is 8. The van der Waals surface area contributed by atoms with E-state index >= 15 is 0 Å². The highest BCUT2D eigenvalue weighted by molar-refractivity contribution is 7.94. The molecule has 1 aliphatic rings. The first-order valence-electron chi connectivity index (χ1n) is 7.18. The van der Waals surface area contributed by atoms with Gasteiger partial charge in [-0.05, 0) is 12.1 Å². The van der Waals surface area contributed by atoms with Crippen LogP contribution >= 0.6 is 11.3 Å². The molecule has 0 fully saturated rings. The molecule has 1 aliphatic heterocycles. The third-order valence-electron chi connectivity index (χ3n) is 3.51. The second-order valence-corrected chi connectivity index (χ2v) is 8.17. The third kappa shape index (κ3) is 3.07. The number of aromatic nitrogens is 2. The second-order valence-electron chi connectivity index (χ2n) is 5.16. The second kappa shape index (κ2) is 6.41. The number of anilines is 2. The van der Waals surface area contributed by atoms with E-state index in [1.54, 1.807) is 18.2 Å². The van der Waals surface area contributed by atoms with Gasteiger partial charge in [0.25, 0.3) is 14.4 Å². The zero-order chi connectivity index (χ0) is 18.2. The van der Waals surface area contributed by atoms with Crippen LogP contribution in [0.5, 0.6) is 5.75 Å². The first kappa shape index (κ1) is 17.3. The zero-order valence-electron chi connectivity index (χ0n) is 13.3. The molecule has 0 bridgehead atoms. The number of nitrogens with one attached hydrogen (secondary N) is 1. The van der Waals surface area contributed by atoms with Gasteiger partial charge >= 0.3 is 0 Å². The maximum absolute atomic E-state index is 13.0. The molecule has 0 atom stereocenters. The number of fused-ring (bicyclic) bond motifs is 1. The molecule has 132 valence electrons. The molecule has 1 aromatic heterocycles. The van der Waals surface area contributed by atoms with Gasteiger partial charge in [-0.1, -0.05) is 17.4 Å². The van der Waals surface area contributed by atoms with Crippen molar-refractivity contribution in [1.82, 2.24) is 10.2 Å². The number of amides is 1. The van der Waals surface area contributed by atoms with Gasteiger partial charge in [-0.3, -0.25) is 13.9 Å². The van der Waals surface area contributed by atoms with Crippen molar-refractivity contribution in [2.24, 2.45) is 0 Å². The number of rotatable bonds is 4. The van der Waals surface area contributed by atoms with Crippen molar-refractivity contribution >= 4 is 43.9 Å². The third-order valence-corrected chi connectivity index (χ3v) is 6.49. The summed E-state index contributed by atoms with van der Waals surface area (Å²) in [4.78, 5) is 23.2. The lowest BCUT2D eigenvalue weighted by atomic mass is 10.0. The molecule has 2 heterocycles. The van der Waals surface area contributed by atoms with E-state index < -0.39 is 10.0 Å². The van der Waals surface area contributed by atoms with E-state index in [4.69, 9.17) is 4.74 Å². The molecule has 0 spiro atoms. The van der Waals surface area contributed by atoms with Gasteiger partial charge in [-0.2, -0.15) is 8.42 Å². The quantitative estimate of drug-likeness (QED) is 0.791. The predicted molar refractivity (Wildman–Crippen MR) is 90.7 cm³/mol. The van der Waals surface area contributed by atoms with Crippen LogP contribution in [0.3, 0.4) is 0 Å². The normalized spacial score (nSPS) is 14.2. The number of para-hydroxylation sites is 1. The number of Topliss-reactive ketones (excluding diaryl/α,β-unsaturated/α-hetero) is 1. The number of benzene rings is 1. The fourth-order valence-corrected chi connectivity index (χ4v) is 5.01. The number of sulfonamides is 1. The minimum atomic E-state index is -4.05. The number of ether oxygens (including phenoxy) is 1. The Bertz CT molecular complexity index is 954. The Morgan fingerprint density at radius 1 is 1.36 bits per heavy atom. The van der Waals surface area contributed by atoms with E-state index in [1.165, 1.54) is 14.0 Å². The van der Waals surface area contributed by atoms with Crippen molar-refractivity contribution in [3.8, 4) is 5.75 Å². The number of ketones is 1. The van der Waals surface area contributed by atoms with Crippen molar-refractivity contribution in [2.45, 2.75) is 17.7 Å². The molecule has 9 nitrogen and oxygen atoms in total. The van der Waals surface area contributed by atoms with Crippen LogP contribution in [0.1, 0.15) is 23.7 Å². The smallest absolute Gasteiger partial charge is 0.293 e. The summed E-state index contributed by atoms with van der Waals surface area (Å²) in [5.41, 5.74) is 0.471. The van der Waals surface area contributed by atoms with Gasteiger partial charge in [0.2, 0.25) is 11.0 Å². The Morgan fingerprint density at radius 2 is 2.12 bits per heavy atom. The van der Waals surface area contributed by atoms with E-state index in [-0.39, 0.29) is 51.1 Å². The van der Waals surface area contributed by atoms with Crippen molar-refractivity contribution in [3.63, 3.8) is 0 Å². The summed E-state index contributed by atoms with van der Waals surface area (Å²) in [6, 6.07) is 4.78. The summed E-state index contributed by atoms with van der Waals surface area (Å²) >= 11 is 0.741. The monoisotopic (exact) mass is 382 g/mol. The average Bonchev–Trinajstić information content (AvgIpc) is 3.03. The fraction of sp³-hybridized carbons (Fsp3) is 0.286. The van der Waals surface area contributed by atoms with Crippen LogP contribution in [0.25, 0.3) is 0 Å². The van der Waals surface area contributed by atoms with Crippen molar-refractivity contribution in [3.05, 3.63) is 23.8 Å². The zero-order valence-corrected chi connectivity index (χ0v) is 15.0. The van der Waals surface area contributed by atoms with E-state index in [0.717, 1.165) is 15.6 Å².